The molecular weight excluding hydrogens is 378 g/mol. The Morgan fingerprint density at radius 1 is 0.867 bits per heavy atom. The van der Waals surface area contributed by atoms with Gasteiger partial charge in [-0.25, -0.2) is 0 Å². The number of carbonyl (C=O) groups excluding carboxylic acids is 2. The monoisotopic (exact) mass is 399 g/mol. The maximum Gasteiger partial charge on any atom is 0.262 e. The van der Waals surface area contributed by atoms with E-state index in [1.54, 1.807) is 48.5 Å². The molecule has 0 atom stereocenters. The Bertz CT molecular complexity index is 1040. The SMILES string of the molecule is N#CCc1ccc(NC(=O)COc2ccccc2C(=O)NCc2ccccc2)cc1. The van der Waals surface area contributed by atoms with Crippen LogP contribution in [0.4, 0.5) is 5.69 Å². The standard InChI is InChI=1S/C24H21N3O3/c25-15-14-18-10-12-20(13-11-18)27-23(28)17-30-22-9-5-4-8-21(22)24(29)26-16-19-6-2-1-3-7-19/h1-13H,14,16-17H2,(H,26,29)(H,27,28). The van der Waals surface area contributed by atoms with Gasteiger partial charge in [-0.3, -0.25) is 9.59 Å². The number of nitrogens with zero attached hydrogens (tertiary/aromatic N) is 1. The van der Waals surface area contributed by atoms with Gasteiger partial charge in [-0.1, -0.05) is 54.6 Å². The first-order valence-electron chi connectivity index (χ1n) is 9.45. The number of para-hydroxylation sites is 1. The molecule has 0 spiro atoms. The van der Waals surface area contributed by atoms with E-state index in [0.717, 1.165) is 11.1 Å². The molecule has 0 aliphatic heterocycles. The lowest BCUT2D eigenvalue weighted by Gasteiger charge is -2.12. The minimum absolute atomic E-state index is 0.233. The fourth-order valence-electron chi connectivity index (χ4n) is 2.79. The number of nitrogens with one attached hydrogen (secondary N) is 2. The summed E-state index contributed by atoms with van der Waals surface area (Å²) in [6.07, 6.45) is 0.320. The zero-order chi connectivity index (χ0) is 21.2. The number of hydrogen-bond donors (Lipinski definition) is 2. The zero-order valence-electron chi connectivity index (χ0n) is 16.3. The maximum absolute atomic E-state index is 12.5. The second-order valence-corrected chi connectivity index (χ2v) is 6.53. The molecule has 150 valence electrons. The average Bonchev–Trinajstić information content (AvgIpc) is 2.78. The maximum atomic E-state index is 12.5. The molecule has 2 N–H and O–H groups in total. The smallest absolute Gasteiger partial charge is 0.262 e. The zero-order valence-corrected chi connectivity index (χ0v) is 16.3. The Kier molecular flexibility index (Phi) is 7.17. The summed E-state index contributed by atoms with van der Waals surface area (Å²) < 4.78 is 5.59. The van der Waals surface area contributed by atoms with Crippen LogP contribution in [0.25, 0.3) is 0 Å². The number of carbonyl (C=O) groups is 2. The highest BCUT2D eigenvalue weighted by Crippen LogP contribution is 2.18. The number of benzene rings is 3. The molecule has 0 saturated heterocycles. The summed E-state index contributed by atoms with van der Waals surface area (Å²) in [6, 6.07) is 25.5. The van der Waals surface area contributed by atoms with E-state index in [4.69, 9.17) is 10.00 Å². The highest BCUT2D eigenvalue weighted by molar-refractivity contribution is 5.97. The van der Waals surface area contributed by atoms with Crippen LogP contribution in [0.3, 0.4) is 0 Å². The predicted molar refractivity (Wildman–Crippen MR) is 114 cm³/mol. The molecular formula is C24H21N3O3. The third-order valence-corrected chi connectivity index (χ3v) is 4.31. The summed E-state index contributed by atoms with van der Waals surface area (Å²) in [4.78, 5) is 24.7. The molecule has 0 aromatic heterocycles. The van der Waals surface area contributed by atoms with E-state index in [9.17, 15) is 9.59 Å². The van der Waals surface area contributed by atoms with Crippen LogP contribution in [-0.2, 0) is 17.8 Å². The summed E-state index contributed by atoms with van der Waals surface area (Å²) in [6.45, 7) is 0.166. The normalized spacial score (nSPS) is 9.97. The van der Waals surface area contributed by atoms with Gasteiger partial charge in [-0.05, 0) is 35.4 Å². The van der Waals surface area contributed by atoms with Crippen LogP contribution in [0.1, 0.15) is 21.5 Å². The molecule has 0 fully saturated rings. The topological polar surface area (TPSA) is 91.2 Å². The molecule has 6 heteroatoms. The Balaban J connectivity index is 1.55. The molecule has 0 heterocycles. The minimum Gasteiger partial charge on any atom is -0.483 e. The summed E-state index contributed by atoms with van der Waals surface area (Å²) >= 11 is 0. The van der Waals surface area contributed by atoms with Crippen LogP contribution in [0.15, 0.2) is 78.9 Å². The summed E-state index contributed by atoms with van der Waals surface area (Å²) in [5, 5.41) is 14.3. The van der Waals surface area contributed by atoms with Crippen molar-refractivity contribution in [2.24, 2.45) is 0 Å². The lowest BCUT2D eigenvalue weighted by molar-refractivity contribution is -0.118. The van der Waals surface area contributed by atoms with Crippen molar-refractivity contribution in [2.75, 3.05) is 11.9 Å². The van der Waals surface area contributed by atoms with Crippen molar-refractivity contribution in [3.63, 3.8) is 0 Å². The van der Waals surface area contributed by atoms with Crippen molar-refractivity contribution in [1.82, 2.24) is 5.32 Å². The minimum atomic E-state index is -0.345. The van der Waals surface area contributed by atoms with Crippen LogP contribution in [0, 0.1) is 11.3 Å². The van der Waals surface area contributed by atoms with Gasteiger partial charge in [0.15, 0.2) is 6.61 Å². The number of hydrogen-bond acceptors (Lipinski definition) is 4. The molecule has 0 aliphatic carbocycles. The van der Waals surface area contributed by atoms with Gasteiger partial charge in [-0.15, -0.1) is 0 Å². The fraction of sp³-hybridized carbons (Fsp3) is 0.125. The molecule has 0 radical (unpaired) electrons. The number of nitriles is 1. The summed E-state index contributed by atoms with van der Waals surface area (Å²) in [5.74, 6) is -0.284. The molecule has 3 aromatic carbocycles. The first-order chi connectivity index (χ1) is 14.7. The fourth-order valence-corrected chi connectivity index (χ4v) is 2.79. The Morgan fingerprint density at radius 3 is 2.30 bits per heavy atom. The summed E-state index contributed by atoms with van der Waals surface area (Å²) in [7, 11) is 0. The van der Waals surface area contributed by atoms with Crippen LogP contribution in [-0.4, -0.2) is 18.4 Å². The third kappa shape index (κ3) is 5.94. The second-order valence-electron chi connectivity index (χ2n) is 6.53. The lowest BCUT2D eigenvalue weighted by atomic mass is 10.1. The van der Waals surface area contributed by atoms with Gasteiger partial charge in [0.2, 0.25) is 0 Å². The van der Waals surface area contributed by atoms with Gasteiger partial charge in [0.05, 0.1) is 18.1 Å². The molecule has 3 rings (SSSR count). The van der Waals surface area contributed by atoms with Gasteiger partial charge in [-0.2, -0.15) is 5.26 Å². The molecule has 0 unspecified atom stereocenters. The molecule has 2 amide bonds. The van der Waals surface area contributed by atoms with E-state index in [-0.39, 0.29) is 18.4 Å². The first-order valence-corrected chi connectivity index (χ1v) is 9.45. The number of ether oxygens (including phenoxy) is 1. The number of rotatable bonds is 8. The average molecular weight is 399 g/mol. The van der Waals surface area contributed by atoms with Crippen molar-refractivity contribution in [3.8, 4) is 11.8 Å². The van der Waals surface area contributed by atoms with Crippen molar-refractivity contribution in [2.45, 2.75) is 13.0 Å². The molecule has 0 saturated carbocycles. The largest absolute Gasteiger partial charge is 0.483 e. The van der Waals surface area contributed by atoms with E-state index in [1.165, 1.54) is 0 Å². The third-order valence-electron chi connectivity index (χ3n) is 4.31. The number of anilines is 1. The molecule has 0 bridgehead atoms. The molecule has 3 aromatic rings. The highest BCUT2D eigenvalue weighted by atomic mass is 16.5. The van der Waals surface area contributed by atoms with Crippen molar-refractivity contribution >= 4 is 17.5 Å². The van der Waals surface area contributed by atoms with Gasteiger partial charge in [0.25, 0.3) is 11.8 Å². The molecule has 6 nitrogen and oxygen atoms in total. The lowest BCUT2D eigenvalue weighted by Crippen LogP contribution is -2.25. The molecule has 30 heavy (non-hydrogen) atoms. The molecule has 0 aliphatic rings. The Labute approximate surface area is 175 Å². The van der Waals surface area contributed by atoms with Crippen molar-refractivity contribution < 1.29 is 14.3 Å². The van der Waals surface area contributed by atoms with Crippen molar-refractivity contribution in [3.05, 3.63) is 95.6 Å². The summed E-state index contributed by atoms with van der Waals surface area (Å²) in [5.41, 5.74) is 2.84. The second kappa shape index (κ2) is 10.4. The van der Waals surface area contributed by atoms with Gasteiger partial charge >= 0.3 is 0 Å². The highest BCUT2D eigenvalue weighted by Gasteiger charge is 2.13. The number of amides is 2. The van der Waals surface area contributed by atoms with E-state index >= 15 is 0 Å². The van der Waals surface area contributed by atoms with E-state index in [1.807, 2.05) is 30.3 Å². The predicted octanol–water partition coefficient (Wildman–Crippen LogP) is 3.70. The van der Waals surface area contributed by atoms with Gasteiger partial charge < -0.3 is 15.4 Å². The first kappa shape index (κ1) is 20.6. The van der Waals surface area contributed by atoms with Gasteiger partial charge in [0.1, 0.15) is 5.75 Å². The van der Waals surface area contributed by atoms with E-state index in [0.29, 0.717) is 30.0 Å². The van der Waals surface area contributed by atoms with E-state index < -0.39 is 0 Å². The van der Waals surface area contributed by atoms with Crippen LogP contribution >= 0.6 is 0 Å². The van der Waals surface area contributed by atoms with Crippen LogP contribution in [0.2, 0.25) is 0 Å². The quantitative estimate of drug-likeness (QED) is 0.604. The van der Waals surface area contributed by atoms with Crippen LogP contribution < -0.4 is 15.4 Å². The Hall–Kier alpha value is -4.11. The van der Waals surface area contributed by atoms with Crippen molar-refractivity contribution in [1.29, 1.82) is 5.26 Å². The Morgan fingerprint density at radius 2 is 1.57 bits per heavy atom. The van der Waals surface area contributed by atoms with E-state index in [2.05, 4.69) is 16.7 Å². The van der Waals surface area contributed by atoms with Gasteiger partial charge in [0, 0.05) is 12.2 Å². The van der Waals surface area contributed by atoms with Crippen LogP contribution in [0.5, 0.6) is 5.75 Å².